The summed E-state index contributed by atoms with van der Waals surface area (Å²) in [5.74, 6) is 1.11. The zero-order valence-electron chi connectivity index (χ0n) is 18.7. The van der Waals surface area contributed by atoms with Gasteiger partial charge >= 0.3 is 5.91 Å². The largest absolute Gasteiger partial charge is 0.494 e. The molecule has 1 amide bonds. The molecule has 174 valence electrons. The van der Waals surface area contributed by atoms with Crippen LogP contribution in [0.5, 0.6) is 17.2 Å². The van der Waals surface area contributed by atoms with E-state index in [9.17, 15) is 9.18 Å². The van der Waals surface area contributed by atoms with Crippen LogP contribution in [0.3, 0.4) is 0 Å². The molecule has 0 radical (unpaired) electrons. The van der Waals surface area contributed by atoms with Crippen LogP contribution >= 0.6 is 0 Å². The van der Waals surface area contributed by atoms with Gasteiger partial charge in [0.2, 0.25) is 0 Å². The lowest BCUT2D eigenvalue weighted by Gasteiger charge is -2.11. The maximum absolute atomic E-state index is 13.0. The van der Waals surface area contributed by atoms with E-state index >= 15 is 0 Å². The summed E-state index contributed by atoms with van der Waals surface area (Å²) in [5.41, 5.74) is 4.56. The van der Waals surface area contributed by atoms with Crippen LogP contribution in [0.4, 0.5) is 4.39 Å². The number of fused-ring (bicyclic) bond motifs is 1. The molecule has 0 aliphatic rings. The van der Waals surface area contributed by atoms with E-state index in [1.807, 2.05) is 13.0 Å². The van der Waals surface area contributed by atoms with Gasteiger partial charge < -0.3 is 18.6 Å². The molecule has 8 heteroatoms. The van der Waals surface area contributed by atoms with E-state index in [2.05, 4.69) is 10.5 Å². The fraction of sp³-hybridized carbons (Fsp3) is 0.154. The molecule has 0 saturated carbocycles. The van der Waals surface area contributed by atoms with Gasteiger partial charge in [-0.15, -0.1) is 0 Å². The molecule has 1 aromatic heterocycles. The lowest BCUT2D eigenvalue weighted by atomic mass is 10.2. The van der Waals surface area contributed by atoms with E-state index in [4.69, 9.17) is 18.6 Å². The SMILES string of the molecule is CCOc1ccc2oc(C(=O)N/N=C/c3ccc(OCc4ccc(F)cc4)c(OC)c3)cc2c1. The molecule has 0 atom stereocenters. The Morgan fingerprint density at radius 3 is 2.62 bits per heavy atom. The Balaban J connectivity index is 1.38. The number of benzene rings is 3. The Hall–Kier alpha value is -4.33. The fourth-order valence-electron chi connectivity index (χ4n) is 3.24. The van der Waals surface area contributed by atoms with Crippen LogP contribution in [0, 0.1) is 5.82 Å². The Morgan fingerprint density at radius 2 is 1.85 bits per heavy atom. The van der Waals surface area contributed by atoms with Crippen LogP contribution in [-0.2, 0) is 6.61 Å². The average molecular weight is 462 g/mol. The fourth-order valence-corrected chi connectivity index (χ4v) is 3.24. The maximum atomic E-state index is 13.0. The van der Waals surface area contributed by atoms with Crippen LogP contribution in [0.25, 0.3) is 11.0 Å². The van der Waals surface area contributed by atoms with Gasteiger partial charge in [-0.2, -0.15) is 5.10 Å². The summed E-state index contributed by atoms with van der Waals surface area (Å²) in [6.07, 6.45) is 1.49. The van der Waals surface area contributed by atoms with Gasteiger partial charge in [0.05, 0.1) is 19.9 Å². The third-order valence-corrected chi connectivity index (χ3v) is 4.90. The van der Waals surface area contributed by atoms with Crippen molar-refractivity contribution in [1.29, 1.82) is 0 Å². The molecule has 4 rings (SSSR count). The predicted molar refractivity (Wildman–Crippen MR) is 126 cm³/mol. The molecule has 1 N–H and O–H groups in total. The zero-order chi connectivity index (χ0) is 23.9. The number of nitrogens with zero attached hydrogens (tertiary/aromatic N) is 1. The summed E-state index contributed by atoms with van der Waals surface area (Å²) >= 11 is 0. The highest BCUT2D eigenvalue weighted by Gasteiger charge is 2.12. The van der Waals surface area contributed by atoms with Crippen LogP contribution < -0.4 is 19.6 Å². The predicted octanol–water partition coefficient (Wildman–Crippen LogP) is 5.32. The number of halogens is 1. The normalized spacial score (nSPS) is 11.0. The number of ether oxygens (including phenoxy) is 3. The van der Waals surface area contributed by atoms with E-state index in [1.54, 1.807) is 48.5 Å². The van der Waals surface area contributed by atoms with E-state index < -0.39 is 5.91 Å². The zero-order valence-corrected chi connectivity index (χ0v) is 18.7. The van der Waals surface area contributed by atoms with Crippen LogP contribution in [0.15, 0.2) is 76.2 Å². The van der Waals surface area contributed by atoms with Gasteiger partial charge in [-0.3, -0.25) is 4.79 Å². The van der Waals surface area contributed by atoms with Crippen molar-refractivity contribution in [2.24, 2.45) is 5.10 Å². The molecular formula is C26H23FN2O5. The van der Waals surface area contributed by atoms with Crippen LogP contribution in [-0.4, -0.2) is 25.8 Å². The molecule has 4 aromatic rings. The lowest BCUT2D eigenvalue weighted by Crippen LogP contribution is -2.16. The first-order valence-corrected chi connectivity index (χ1v) is 10.6. The van der Waals surface area contributed by atoms with Gasteiger partial charge in [-0.25, -0.2) is 9.82 Å². The topological polar surface area (TPSA) is 82.3 Å². The number of rotatable bonds is 9. The number of amides is 1. The Kier molecular flexibility index (Phi) is 7.07. The van der Waals surface area contributed by atoms with Gasteiger partial charge in [-0.05, 0) is 72.6 Å². The molecule has 0 fully saturated rings. The summed E-state index contributed by atoms with van der Waals surface area (Å²) in [5, 5.41) is 4.77. The summed E-state index contributed by atoms with van der Waals surface area (Å²) in [4.78, 5) is 12.4. The average Bonchev–Trinajstić information content (AvgIpc) is 3.28. The minimum absolute atomic E-state index is 0.142. The van der Waals surface area contributed by atoms with Crippen molar-refractivity contribution in [3.63, 3.8) is 0 Å². The third kappa shape index (κ3) is 5.53. The van der Waals surface area contributed by atoms with E-state index in [0.29, 0.717) is 35.0 Å². The molecule has 0 aliphatic heterocycles. The molecule has 0 bridgehead atoms. The number of hydrogen-bond donors (Lipinski definition) is 1. The summed E-state index contributed by atoms with van der Waals surface area (Å²) in [6, 6.07) is 18.3. The number of nitrogens with one attached hydrogen (secondary N) is 1. The molecule has 3 aromatic carbocycles. The lowest BCUT2D eigenvalue weighted by molar-refractivity contribution is 0.0929. The third-order valence-electron chi connectivity index (χ3n) is 4.90. The first-order valence-electron chi connectivity index (χ1n) is 10.6. The molecule has 0 aliphatic carbocycles. The first kappa shape index (κ1) is 22.8. The summed E-state index contributed by atoms with van der Waals surface area (Å²) < 4.78 is 35.3. The highest BCUT2D eigenvalue weighted by atomic mass is 19.1. The Bertz CT molecular complexity index is 1310. The second kappa shape index (κ2) is 10.5. The van der Waals surface area contributed by atoms with Crippen molar-refractivity contribution < 1.29 is 27.8 Å². The van der Waals surface area contributed by atoms with Crippen molar-refractivity contribution >= 4 is 23.1 Å². The van der Waals surface area contributed by atoms with E-state index in [0.717, 1.165) is 10.9 Å². The maximum Gasteiger partial charge on any atom is 0.307 e. The van der Waals surface area contributed by atoms with Crippen molar-refractivity contribution in [3.8, 4) is 17.2 Å². The van der Waals surface area contributed by atoms with Crippen LogP contribution in [0.2, 0.25) is 0 Å². The number of carbonyl (C=O) groups is 1. The standard InChI is InChI=1S/C26H23FN2O5/c1-3-32-21-9-11-22-19(13-21)14-25(34-22)26(30)29-28-15-18-6-10-23(24(12-18)31-2)33-16-17-4-7-20(27)8-5-17/h4-15H,3,16H2,1-2H3,(H,29,30)/b28-15+. The highest BCUT2D eigenvalue weighted by molar-refractivity contribution is 5.96. The van der Waals surface area contributed by atoms with Gasteiger partial charge in [-0.1, -0.05) is 12.1 Å². The number of hydrazone groups is 1. The van der Waals surface area contributed by atoms with Crippen molar-refractivity contribution in [2.45, 2.75) is 13.5 Å². The molecule has 0 spiro atoms. The molecule has 1 heterocycles. The number of furan rings is 1. The second-order valence-corrected chi connectivity index (χ2v) is 7.27. The minimum atomic E-state index is -0.475. The minimum Gasteiger partial charge on any atom is -0.494 e. The number of methoxy groups -OCH3 is 1. The summed E-state index contributed by atoms with van der Waals surface area (Å²) in [6.45, 7) is 2.72. The number of hydrogen-bond acceptors (Lipinski definition) is 6. The van der Waals surface area contributed by atoms with Crippen LogP contribution in [0.1, 0.15) is 28.6 Å². The van der Waals surface area contributed by atoms with E-state index in [-0.39, 0.29) is 18.2 Å². The second-order valence-electron chi connectivity index (χ2n) is 7.27. The molecular weight excluding hydrogens is 439 g/mol. The smallest absolute Gasteiger partial charge is 0.307 e. The molecule has 34 heavy (non-hydrogen) atoms. The molecule has 0 unspecified atom stereocenters. The van der Waals surface area contributed by atoms with Crippen molar-refractivity contribution in [3.05, 3.63) is 89.4 Å². The first-order chi connectivity index (χ1) is 16.6. The van der Waals surface area contributed by atoms with Gasteiger partial charge in [0, 0.05) is 5.39 Å². The summed E-state index contributed by atoms with van der Waals surface area (Å²) in [7, 11) is 1.53. The monoisotopic (exact) mass is 462 g/mol. The number of carbonyl (C=O) groups excluding carboxylic acids is 1. The van der Waals surface area contributed by atoms with Gasteiger partial charge in [0.1, 0.15) is 23.8 Å². The molecule has 0 saturated heterocycles. The van der Waals surface area contributed by atoms with Gasteiger partial charge in [0.25, 0.3) is 0 Å². The van der Waals surface area contributed by atoms with Gasteiger partial charge in [0.15, 0.2) is 17.3 Å². The molecule has 7 nitrogen and oxygen atoms in total. The van der Waals surface area contributed by atoms with Crippen molar-refractivity contribution in [1.82, 2.24) is 5.43 Å². The Labute approximate surface area is 195 Å². The quantitative estimate of drug-likeness (QED) is 0.269. The van der Waals surface area contributed by atoms with E-state index in [1.165, 1.54) is 25.5 Å². The Morgan fingerprint density at radius 1 is 1.03 bits per heavy atom. The highest BCUT2D eigenvalue weighted by Crippen LogP contribution is 2.28. The van der Waals surface area contributed by atoms with Crippen molar-refractivity contribution in [2.75, 3.05) is 13.7 Å².